The van der Waals surface area contributed by atoms with Crippen LogP contribution in [0.5, 0.6) is 5.75 Å². The highest BCUT2D eigenvalue weighted by Crippen LogP contribution is 2.25. The van der Waals surface area contributed by atoms with E-state index in [4.69, 9.17) is 16.3 Å². The van der Waals surface area contributed by atoms with Gasteiger partial charge >= 0.3 is 0 Å². The molecule has 0 radical (unpaired) electrons. The average molecular weight is 558 g/mol. The molecule has 0 unspecified atom stereocenters. The molecule has 0 saturated carbocycles. The number of benzene rings is 2. The topological polar surface area (TPSA) is 74.8 Å². The zero-order valence-corrected chi connectivity index (χ0v) is 21.7. The van der Waals surface area contributed by atoms with Crippen molar-refractivity contribution in [1.82, 2.24) is 15.2 Å². The number of hydrogen-bond donors (Lipinski definition) is 1. The van der Waals surface area contributed by atoms with Crippen LogP contribution >= 0.6 is 27.5 Å². The SMILES string of the molecule is COc1ccc(Br)c(C(=O)N2CCN(c3ccc(C(=O)NCCc4cccc(Cl)c4)cn3)CC2)c1. The number of carbonyl (C=O) groups is 2. The Morgan fingerprint density at radius 2 is 1.89 bits per heavy atom. The van der Waals surface area contributed by atoms with Crippen LogP contribution in [0.15, 0.2) is 65.3 Å². The van der Waals surface area contributed by atoms with Crippen LogP contribution in [-0.2, 0) is 6.42 Å². The molecule has 4 rings (SSSR count). The van der Waals surface area contributed by atoms with Crippen molar-refractivity contribution in [3.8, 4) is 5.75 Å². The van der Waals surface area contributed by atoms with Gasteiger partial charge in [-0.25, -0.2) is 4.98 Å². The van der Waals surface area contributed by atoms with Gasteiger partial charge in [-0.2, -0.15) is 0 Å². The zero-order chi connectivity index (χ0) is 24.8. The normalized spacial score (nSPS) is 13.5. The number of aromatic nitrogens is 1. The number of methoxy groups -OCH3 is 1. The molecular formula is C26H26BrClN4O3. The average Bonchev–Trinajstić information content (AvgIpc) is 2.89. The van der Waals surface area contributed by atoms with Crippen LogP contribution in [0.4, 0.5) is 5.82 Å². The van der Waals surface area contributed by atoms with E-state index in [0.29, 0.717) is 61.0 Å². The molecule has 1 aliphatic rings. The van der Waals surface area contributed by atoms with Crippen molar-refractivity contribution in [1.29, 1.82) is 0 Å². The summed E-state index contributed by atoms with van der Waals surface area (Å²) in [5, 5.41) is 3.61. The fourth-order valence-corrected chi connectivity index (χ4v) is 4.56. The van der Waals surface area contributed by atoms with E-state index in [9.17, 15) is 9.59 Å². The quantitative estimate of drug-likeness (QED) is 0.465. The second-order valence-electron chi connectivity index (χ2n) is 8.17. The van der Waals surface area contributed by atoms with Crippen molar-refractivity contribution < 1.29 is 14.3 Å². The first-order chi connectivity index (χ1) is 16.9. The van der Waals surface area contributed by atoms with Crippen molar-refractivity contribution in [3.63, 3.8) is 0 Å². The molecule has 0 bridgehead atoms. The summed E-state index contributed by atoms with van der Waals surface area (Å²) in [7, 11) is 1.58. The van der Waals surface area contributed by atoms with Crippen LogP contribution in [-0.4, -0.2) is 61.5 Å². The minimum Gasteiger partial charge on any atom is -0.497 e. The van der Waals surface area contributed by atoms with Gasteiger partial charge < -0.3 is 19.9 Å². The summed E-state index contributed by atoms with van der Waals surface area (Å²) in [5.74, 6) is 1.24. The maximum Gasteiger partial charge on any atom is 0.255 e. The van der Waals surface area contributed by atoms with Crippen LogP contribution < -0.4 is 15.0 Å². The standard InChI is InChI=1S/C26H26BrClN4O3/c1-35-21-6-7-23(27)22(16-21)26(34)32-13-11-31(12-14-32)24-8-5-19(17-30-24)25(33)29-10-9-18-3-2-4-20(28)15-18/h2-8,15-17H,9-14H2,1H3,(H,29,33). The maximum atomic E-state index is 13.0. The lowest BCUT2D eigenvalue weighted by atomic mass is 10.1. The van der Waals surface area contributed by atoms with Crippen LogP contribution in [0.25, 0.3) is 0 Å². The number of ether oxygens (including phenoxy) is 1. The third kappa shape index (κ3) is 6.32. The predicted octanol–water partition coefficient (Wildman–Crippen LogP) is 4.44. The van der Waals surface area contributed by atoms with Gasteiger partial charge in [0.2, 0.25) is 0 Å². The second-order valence-corrected chi connectivity index (χ2v) is 9.46. The Bertz CT molecular complexity index is 1200. The number of anilines is 1. The van der Waals surface area contributed by atoms with Gasteiger partial charge in [0.15, 0.2) is 0 Å². The molecule has 0 aliphatic carbocycles. The number of nitrogens with zero attached hydrogens (tertiary/aromatic N) is 3. The molecule has 1 N–H and O–H groups in total. The van der Waals surface area contributed by atoms with Gasteiger partial charge in [-0.15, -0.1) is 0 Å². The number of hydrogen-bond acceptors (Lipinski definition) is 5. The minimum absolute atomic E-state index is 0.0341. The van der Waals surface area contributed by atoms with Gasteiger partial charge in [-0.05, 0) is 70.4 Å². The summed E-state index contributed by atoms with van der Waals surface area (Å²) in [6.45, 7) is 2.99. The lowest BCUT2D eigenvalue weighted by molar-refractivity contribution is 0.0745. The number of halogens is 2. The minimum atomic E-state index is -0.162. The van der Waals surface area contributed by atoms with Crippen molar-refractivity contribution in [2.24, 2.45) is 0 Å². The number of piperazine rings is 1. The lowest BCUT2D eigenvalue weighted by Crippen LogP contribution is -2.49. The largest absolute Gasteiger partial charge is 0.497 e. The molecule has 2 amide bonds. The summed E-state index contributed by atoms with van der Waals surface area (Å²) in [6.07, 6.45) is 2.29. The van der Waals surface area contributed by atoms with Gasteiger partial charge in [0.1, 0.15) is 11.6 Å². The number of amides is 2. The van der Waals surface area contributed by atoms with Gasteiger partial charge in [-0.3, -0.25) is 9.59 Å². The van der Waals surface area contributed by atoms with Crippen molar-refractivity contribution in [2.75, 3.05) is 44.7 Å². The Morgan fingerprint density at radius 1 is 1.09 bits per heavy atom. The highest BCUT2D eigenvalue weighted by molar-refractivity contribution is 9.10. The molecule has 2 heterocycles. The number of nitrogens with one attached hydrogen (secondary N) is 1. The first kappa shape index (κ1) is 25.0. The predicted molar refractivity (Wildman–Crippen MR) is 141 cm³/mol. The molecule has 0 spiro atoms. The Hall–Kier alpha value is -3.10. The van der Waals surface area contributed by atoms with E-state index < -0.39 is 0 Å². The molecule has 35 heavy (non-hydrogen) atoms. The van der Waals surface area contributed by atoms with Crippen molar-refractivity contribution in [2.45, 2.75) is 6.42 Å². The van der Waals surface area contributed by atoms with E-state index in [1.54, 1.807) is 25.4 Å². The first-order valence-electron chi connectivity index (χ1n) is 11.3. The smallest absolute Gasteiger partial charge is 0.255 e. The summed E-state index contributed by atoms with van der Waals surface area (Å²) < 4.78 is 6.00. The van der Waals surface area contributed by atoms with E-state index in [2.05, 4.69) is 31.1 Å². The highest BCUT2D eigenvalue weighted by Gasteiger charge is 2.24. The first-order valence-corrected chi connectivity index (χ1v) is 12.5. The third-order valence-electron chi connectivity index (χ3n) is 5.89. The third-order valence-corrected chi connectivity index (χ3v) is 6.82. The van der Waals surface area contributed by atoms with Gasteiger partial charge in [0, 0.05) is 48.4 Å². The molecule has 1 fully saturated rings. The molecule has 1 saturated heterocycles. The maximum absolute atomic E-state index is 13.0. The molecule has 3 aromatic rings. The lowest BCUT2D eigenvalue weighted by Gasteiger charge is -2.35. The fourth-order valence-electron chi connectivity index (χ4n) is 3.93. The number of carbonyl (C=O) groups excluding carboxylic acids is 2. The molecule has 2 aromatic carbocycles. The van der Waals surface area contributed by atoms with Crippen molar-refractivity contribution >= 4 is 45.2 Å². The van der Waals surface area contributed by atoms with Gasteiger partial charge in [0.05, 0.1) is 18.2 Å². The Morgan fingerprint density at radius 3 is 2.57 bits per heavy atom. The molecule has 7 nitrogen and oxygen atoms in total. The Kier molecular flexibility index (Phi) is 8.25. The molecule has 1 aromatic heterocycles. The van der Waals surface area contributed by atoms with E-state index in [-0.39, 0.29) is 11.8 Å². The molecule has 9 heteroatoms. The Labute approximate surface area is 218 Å². The summed E-state index contributed by atoms with van der Waals surface area (Å²) in [5.41, 5.74) is 2.17. The second kappa shape index (κ2) is 11.6. The fraction of sp³-hybridized carbons (Fsp3) is 0.269. The number of pyridine rings is 1. The molecule has 1 aliphatic heterocycles. The van der Waals surface area contributed by atoms with Crippen LogP contribution in [0.1, 0.15) is 26.3 Å². The molecule has 182 valence electrons. The van der Waals surface area contributed by atoms with E-state index >= 15 is 0 Å². The summed E-state index contributed by atoms with van der Waals surface area (Å²) >= 11 is 9.47. The monoisotopic (exact) mass is 556 g/mol. The molecule has 0 atom stereocenters. The summed E-state index contributed by atoms with van der Waals surface area (Å²) in [6, 6.07) is 16.6. The van der Waals surface area contributed by atoms with Crippen LogP contribution in [0.2, 0.25) is 5.02 Å². The molecular weight excluding hydrogens is 532 g/mol. The van der Waals surface area contributed by atoms with Crippen molar-refractivity contribution in [3.05, 3.63) is 87.0 Å². The van der Waals surface area contributed by atoms with Gasteiger partial charge in [-0.1, -0.05) is 23.7 Å². The van der Waals surface area contributed by atoms with Gasteiger partial charge in [0.25, 0.3) is 11.8 Å². The van der Waals surface area contributed by atoms with E-state index in [1.165, 1.54) is 0 Å². The zero-order valence-electron chi connectivity index (χ0n) is 19.3. The van der Waals surface area contributed by atoms with Crippen LogP contribution in [0.3, 0.4) is 0 Å². The Balaban J connectivity index is 1.28. The summed E-state index contributed by atoms with van der Waals surface area (Å²) in [4.78, 5) is 33.9. The number of rotatable bonds is 7. The highest BCUT2D eigenvalue weighted by atomic mass is 79.9. The van der Waals surface area contributed by atoms with Crippen LogP contribution in [0, 0.1) is 0 Å². The van der Waals surface area contributed by atoms with E-state index in [1.807, 2.05) is 47.4 Å². The van der Waals surface area contributed by atoms with E-state index in [0.717, 1.165) is 15.9 Å².